The second-order valence-corrected chi connectivity index (χ2v) is 7.62. The van der Waals surface area contributed by atoms with E-state index in [1.165, 1.54) is 0 Å². The Hall–Kier alpha value is -1.40. The van der Waals surface area contributed by atoms with Gasteiger partial charge in [-0.3, -0.25) is 9.48 Å². The van der Waals surface area contributed by atoms with Crippen LogP contribution >= 0.6 is 0 Å². The van der Waals surface area contributed by atoms with Crippen molar-refractivity contribution in [1.29, 1.82) is 0 Å². The van der Waals surface area contributed by atoms with Gasteiger partial charge >= 0.3 is 0 Å². The van der Waals surface area contributed by atoms with Gasteiger partial charge in [-0.2, -0.15) is 5.10 Å². The zero-order valence-corrected chi connectivity index (χ0v) is 15.2. The van der Waals surface area contributed by atoms with E-state index in [0.29, 0.717) is 24.3 Å². The molecule has 1 aromatic heterocycles. The molecule has 3 rings (SSSR count). The lowest BCUT2D eigenvalue weighted by Gasteiger charge is -2.42. The highest BCUT2D eigenvalue weighted by Gasteiger charge is 2.47. The van der Waals surface area contributed by atoms with Crippen molar-refractivity contribution >= 4 is 5.91 Å². The number of hydrogen-bond acceptors (Lipinski definition) is 4. The second-order valence-electron chi connectivity index (χ2n) is 7.62. The Labute approximate surface area is 144 Å². The average Bonchev–Trinajstić information content (AvgIpc) is 3.10. The summed E-state index contributed by atoms with van der Waals surface area (Å²) in [6, 6.07) is 0. The molecule has 2 saturated heterocycles. The zero-order valence-electron chi connectivity index (χ0n) is 15.2. The van der Waals surface area contributed by atoms with Crippen molar-refractivity contribution in [3.8, 4) is 0 Å². The van der Waals surface area contributed by atoms with E-state index >= 15 is 0 Å². The summed E-state index contributed by atoms with van der Waals surface area (Å²) in [6.45, 7) is 7.52. The molecule has 6 heteroatoms. The first kappa shape index (κ1) is 17.4. The maximum atomic E-state index is 12.5. The molecule has 1 aromatic rings. The van der Waals surface area contributed by atoms with E-state index in [9.17, 15) is 4.79 Å². The largest absolute Gasteiger partial charge is 0.384 e. The minimum atomic E-state index is 0.257. The fraction of sp³-hybridized carbons (Fsp3) is 0.778. The first-order valence-corrected chi connectivity index (χ1v) is 8.97. The lowest BCUT2D eigenvalue weighted by Crippen LogP contribution is -2.47. The van der Waals surface area contributed by atoms with Crippen molar-refractivity contribution in [2.45, 2.75) is 32.7 Å². The van der Waals surface area contributed by atoms with Crippen LogP contribution in [0.2, 0.25) is 0 Å². The first-order valence-electron chi connectivity index (χ1n) is 8.97. The van der Waals surface area contributed by atoms with Crippen LogP contribution in [0.3, 0.4) is 0 Å². The normalized spacial score (nSPS) is 24.0. The summed E-state index contributed by atoms with van der Waals surface area (Å²) < 4.78 is 7.31. The Balaban J connectivity index is 1.51. The number of nitrogens with zero attached hydrogens (tertiary/aromatic N) is 4. The molecule has 6 nitrogen and oxygen atoms in total. The smallest absolute Gasteiger partial charge is 0.224 e. The van der Waals surface area contributed by atoms with Crippen LogP contribution in [0.1, 0.15) is 24.8 Å². The van der Waals surface area contributed by atoms with E-state index in [1.54, 1.807) is 7.11 Å². The Bertz CT molecular complexity index is 563. The van der Waals surface area contributed by atoms with Gasteiger partial charge in [-0.1, -0.05) is 0 Å². The molecule has 0 bridgehead atoms. The molecule has 0 N–H and O–H groups in total. The predicted octanol–water partition coefficient (Wildman–Crippen LogP) is 1.40. The van der Waals surface area contributed by atoms with Crippen molar-refractivity contribution in [3.05, 3.63) is 18.0 Å². The van der Waals surface area contributed by atoms with Crippen molar-refractivity contribution in [3.63, 3.8) is 0 Å². The SMILES string of the molecule is COCC1CN(C)CC12CCN(C(=O)CCn1cc(C)cn1)CC2. The molecule has 24 heavy (non-hydrogen) atoms. The van der Waals surface area contributed by atoms with E-state index in [0.717, 1.165) is 51.2 Å². The number of amides is 1. The number of likely N-dealkylation sites (tertiary alicyclic amines) is 2. The van der Waals surface area contributed by atoms with Gasteiger partial charge < -0.3 is 14.5 Å². The first-order chi connectivity index (χ1) is 11.5. The zero-order chi connectivity index (χ0) is 17.2. The second kappa shape index (κ2) is 7.23. The van der Waals surface area contributed by atoms with Gasteiger partial charge in [-0.25, -0.2) is 0 Å². The van der Waals surface area contributed by atoms with Crippen molar-refractivity contribution < 1.29 is 9.53 Å². The minimum absolute atomic E-state index is 0.257. The van der Waals surface area contributed by atoms with Crippen LogP contribution in [0.15, 0.2) is 12.4 Å². The number of aromatic nitrogens is 2. The molecule has 2 aliphatic heterocycles. The Morgan fingerprint density at radius 3 is 2.79 bits per heavy atom. The standard InChI is InChI=1S/C18H30N4O2/c1-15-10-19-22(11-15)7-4-17(23)21-8-5-18(6-9-21)14-20(2)12-16(18)13-24-3/h10-11,16H,4-9,12-14H2,1-3H3. The summed E-state index contributed by atoms with van der Waals surface area (Å²) in [4.78, 5) is 17.0. The maximum Gasteiger partial charge on any atom is 0.224 e. The molecular weight excluding hydrogens is 304 g/mol. The summed E-state index contributed by atoms with van der Waals surface area (Å²) in [5.41, 5.74) is 1.47. The molecule has 2 fully saturated rings. The third kappa shape index (κ3) is 3.64. The van der Waals surface area contributed by atoms with Gasteiger partial charge in [0, 0.05) is 58.4 Å². The number of hydrogen-bond donors (Lipinski definition) is 0. The topological polar surface area (TPSA) is 50.6 Å². The number of rotatable bonds is 5. The van der Waals surface area contributed by atoms with Gasteiger partial charge in [-0.15, -0.1) is 0 Å². The highest BCUT2D eigenvalue weighted by Crippen LogP contribution is 2.44. The Kier molecular flexibility index (Phi) is 5.25. The third-order valence-electron chi connectivity index (χ3n) is 5.78. The molecule has 0 aromatic carbocycles. The minimum Gasteiger partial charge on any atom is -0.384 e. The quantitative estimate of drug-likeness (QED) is 0.817. The average molecular weight is 334 g/mol. The molecule has 134 valence electrons. The summed E-state index contributed by atoms with van der Waals surface area (Å²) >= 11 is 0. The fourth-order valence-corrected chi connectivity index (χ4v) is 4.46. The number of carbonyl (C=O) groups is 1. The molecule has 1 spiro atoms. The summed E-state index contributed by atoms with van der Waals surface area (Å²) in [6.07, 6.45) is 6.55. The van der Waals surface area contributed by atoms with Crippen LogP contribution in [-0.4, -0.2) is 72.4 Å². The lowest BCUT2D eigenvalue weighted by atomic mass is 9.71. The summed E-state index contributed by atoms with van der Waals surface area (Å²) in [5, 5.41) is 4.26. The van der Waals surface area contributed by atoms with E-state index < -0.39 is 0 Å². The van der Waals surface area contributed by atoms with Crippen LogP contribution in [0.4, 0.5) is 0 Å². The van der Waals surface area contributed by atoms with Crippen LogP contribution in [0.5, 0.6) is 0 Å². The molecule has 3 heterocycles. The molecule has 1 atom stereocenters. The highest BCUT2D eigenvalue weighted by atomic mass is 16.5. The van der Waals surface area contributed by atoms with E-state index in [-0.39, 0.29) is 5.91 Å². The fourth-order valence-electron chi connectivity index (χ4n) is 4.46. The van der Waals surface area contributed by atoms with Crippen LogP contribution in [-0.2, 0) is 16.1 Å². The molecule has 1 amide bonds. The van der Waals surface area contributed by atoms with Crippen molar-refractivity contribution in [2.24, 2.45) is 11.3 Å². The molecule has 0 radical (unpaired) electrons. The Morgan fingerprint density at radius 2 is 2.17 bits per heavy atom. The van der Waals surface area contributed by atoms with Gasteiger partial charge in [0.05, 0.1) is 12.8 Å². The number of ether oxygens (including phenoxy) is 1. The van der Waals surface area contributed by atoms with Gasteiger partial charge in [0.15, 0.2) is 0 Å². The Morgan fingerprint density at radius 1 is 1.42 bits per heavy atom. The molecular formula is C18H30N4O2. The number of carbonyl (C=O) groups excluding carboxylic acids is 1. The highest BCUT2D eigenvalue weighted by molar-refractivity contribution is 5.76. The van der Waals surface area contributed by atoms with Crippen molar-refractivity contribution in [1.82, 2.24) is 19.6 Å². The number of methoxy groups -OCH3 is 1. The monoisotopic (exact) mass is 334 g/mol. The molecule has 0 saturated carbocycles. The predicted molar refractivity (Wildman–Crippen MR) is 92.7 cm³/mol. The molecule has 0 aliphatic carbocycles. The van der Waals surface area contributed by atoms with E-state index in [4.69, 9.17) is 4.74 Å². The van der Waals surface area contributed by atoms with Gasteiger partial charge in [0.25, 0.3) is 0 Å². The van der Waals surface area contributed by atoms with Crippen LogP contribution in [0, 0.1) is 18.3 Å². The van der Waals surface area contributed by atoms with Gasteiger partial charge in [0.1, 0.15) is 0 Å². The maximum absolute atomic E-state index is 12.5. The third-order valence-corrected chi connectivity index (χ3v) is 5.78. The number of aryl methyl sites for hydroxylation is 2. The van der Waals surface area contributed by atoms with Gasteiger partial charge in [-0.05, 0) is 37.8 Å². The summed E-state index contributed by atoms with van der Waals surface area (Å²) in [5.74, 6) is 0.851. The van der Waals surface area contributed by atoms with E-state index in [1.807, 2.05) is 28.9 Å². The summed E-state index contributed by atoms with van der Waals surface area (Å²) in [7, 11) is 3.99. The van der Waals surface area contributed by atoms with Crippen LogP contribution < -0.4 is 0 Å². The number of piperidine rings is 1. The van der Waals surface area contributed by atoms with Crippen molar-refractivity contribution in [2.75, 3.05) is 46.9 Å². The van der Waals surface area contributed by atoms with Gasteiger partial charge in [0.2, 0.25) is 5.91 Å². The van der Waals surface area contributed by atoms with Crippen LogP contribution in [0.25, 0.3) is 0 Å². The lowest BCUT2D eigenvalue weighted by molar-refractivity contribution is -0.134. The molecule has 2 aliphatic rings. The van der Waals surface area contributed by atoms with E-state index in [2.05, 4.69) is 17.0 Å². The molecule has 1 unspecified atom stereocenters.